The van der Waals surface area contributed by atoms with Crippen molar-refractivity contribution in [2.45, 2.75) is 36.9 Å². The van der Waals surface area contributed by atoms with Crippen LogP contribution >= 0.6 is 0 Å². The molecule has 3 heteroatoms. The second-order valence-corrected chi connectivity index (χ2v) is 8.87. The van der Waals surface area contributed by atoms with Crippen LogP contribution in [-0.2, 0) is 10.3 Å². The van der Waals surface area contributed by atoms with Crippen molar-refractivity contribution in [1.82, 2.24) is 0 Å². The van der Waals surface area contributed by atoms with E-state index in [2.05, 4.69) is 103 Å². The molecule has 146 valence electrons. The van der Waals surface area contributed by atoms with Gasteiger partial charge in [-0.1, -0.05) is 78.9 Å². The predicted molar refractivity (Wildman–Crippen MR) is 115 cm³/mol. The number of anilines is 1. The number of para-hydroxylation sites is 1. The summed E-state index contributed by atoms with van der Waals surface area (Å²) in [6.07, 6.45) is 2.49. The highest BCUT2D eigenvalue weighted by Gasteiger charge is 2.73. The Morgan fingerprint density at radius 2 is 1.34 bits per heavy atom. The molecule has 3 aromatic rings. The number of ether oxygens (including phenoxy) is 1. The van der Waals surface area contributed by atoms with Crippen molar-refractivity contribution < 1.29 is 9.22 Å². The molecule has 3 aliphatic rings. The topological polar surface area (TPSA) is 12.5 Å². The lowest BCUT2D eigenvalue weighted by Crippen LogP contribution is -2.55. The van der Waals surface area contributed by atoms with E-state index in [1.807, 2.05) is 0 Å². The fraction of sp³-hybridized carbons (Fsp3) is 0.308. The lowest BCUT2D eigenvalue weighted by atomic mass is 9.79. The van der Waals surface area contributed by atoms with Crippen LogP contribution < -0.4 is 4.90 Å². The molecule has 0 unspecified atom stereocenters. The van der Waals surface area contributed by atoms with E-state index >= 15 is 0 Å². The monoisotopic (exact) mass is 383 g/mol. The van der Waals surface area contributed by atoms with Crippen LogP contribution in [0.4, 0.5) is 5.69 Å². The van der Waals surface area contributed by atoms with Crippen LogP contribution in [0.5, 0.6) is 0 Å². The minimum absolute atomic E-state index is 0.0373. The molecule has 0 aliphatic carbocycles. The van der Waals surface area contributed by atoms with Crippen LogP contribution in [0, 0.1) is 0 Å². The predicted octanol–water partition coefficient (Wildman–Crippen LogP) is 4.74. The fourth-order valence-corrected chi connectivity index (χ4v) is 6.31. The first-order valence-electron chi connectivity index (χ1n) is 10.7. The molecule has 0 spiro atoms. The minimum atomic E-state index is -0.413. The number of likely N-dealkylation sites (N-methyl/N-ethyl adjacent to an activating group) is 1. The summed E-state index contributed by atoms with van der Waals surface area (Å²) in [5, 5.41) is 0. The van der Waals surface area contributed by atoms with Crippen molar-refractivity contribution in [3.8, 4) is 0 Å². The van der Waals surface area contributed by atoms with Gasteiger partial charge in [-0.15, -0.1) is 0 Å². The van der Waals surface area contributed by atoms with Crippen molar-refractivity contribution >= 4 is 5.69 Å². The molecule has 0 amide bonds. The summed E-state index contributed by atoms with van der Waals surface area (Å²) < 4.78 is 8.23. The minimum Gasteiger partial charge on any atom is -0.293 e. The summed E-state index contributed by atoms with van der Waals surface area (Å²) in [5.41, 5.74) is 3.41. The first-order valence-corrected chi connectivity index (χ1v) is 10.7. The summed E-state index contributed by atoms with van der Waals surface area (Å²) in [6.45, 7) is 1.07. The summed E-state index contributed by atoms with van der Waals surface area (Å²) in [6, 6.07) is 33.6. The normalized spacial score (nSPS) is 31.8. The molecule has 6 rings (SSSR count). The summed E-state index contributed by atoms with van der Waals surface area (Å²) in [5.74, 6) is 0. The SMILES string of the molecule is C[N@@+]12[C@H]3CC[C@@H]1C(c1ccccc1)(c1ccccc1)O[C@@H]2N(c1ccccc1)C3. The Bertz CT molecular complexity index is 967. The Kier molecular flexibility index (Phi) is 3.68. The van der Waals surface area contributed by atoms with Crippen molar-refractivity contribution in [3.05, 3.63) is 102 Å². The Morgan fingerprint density at radius 3 is 1.93 bits per heavy atom. The third kappa shape index (κ3) is 2.20. The average Bonchev–Trinajstić information content (AvgIpc) is 3.37. The first kappa shape index (κ1) is 17.3. The smallest absolute Gasteiger partial charge is 0.279 e. The molecular formula is C26H27N2O+. The zero-order valence-corrected chi connectivity index (χ0v) is 16.8. The van der Waals surface area contributed by atoms with Gasteiger partial charge in [0.1, 0.15) is 12.1 Å². The van der Waals surface area contributed by atoms with Crippen LogP contribution in [0.15, 0.2) is 91.0 Å². The van der Waals surface area contributed by atoms with E-state index in [1.165, 1.54) is 29.7 Å². The van der Waals surface area contributed by atoms with E-state index in [-0.39, 0.29) is 6.35 Å². The van der Waals surface area contributed by atoms with Gasteiger partial charge in [-0.3, -0.25) is 14.1 Å². The Hall–Kier alpha value is -2.62. The van der Waals surface area contributed by atoms with Gasteiger partial charge in [0, 0.05) is 18.5 Å². The maximum Gasteiger partial charge on any atom is 0.279 e. The van der Waals surface area contributed by atoms with E-state index < -0.39 is 5.60 Å². The van der Waals surface area contributed by atoms with Gasteiger partial charge in [-0.25, -0.2) is 0 Å². The lowest BCUT2D eigenvalue weighted by molar-refractivity contribution is -0.950. The molecular weight excluding hydrogens is 356 g/mol. The van der Waals surface area contributed by atoms with Crippen LogP contribution in [0.2, 0.25) is 0 Å². The van der Waals surface area contributed by atoms with Gasteiger partial charge < -0.3 is 0 Å². The number of hydrogen-bond donors (Lipinski definition) is 0. The number of rotatable bonds is 3. The van der Waals surface area contributed by atoms with Gasteiger partial charge in [0.15, 0.2) is 5.60 Å². The molecule has 3 aliphatic heterocycles. The number of nitrogens with zero attached hydrogens (tertiary/aromatic N) is 2. The Balaban J connectivity index is 1.55. The van der Waals surface area contributed by atoms with Crippen molar-refractivity contribution in [2.75, 3.05) is 18.5 Å². The van der Waals surface area contributed by atoms with E-state index in [0.29, 0.717) is 12.1 Å². The molecule has 3 aromatic carbocycles. The molecule has 0 radical (unpaired) electrons. The number of hydrogen-bond acceptors (Lipinski definition) is 2. The molecule has 3 saturated heterocycles. The second-order valence-electron chi connectivity index (χ2n) is 8.87. The first-order chi connectivity index (χ1) is 14.2. The van der Waals surface area contributed by atoms with Gasteiger partial charge in [-0.05, 0) is 23.3 Å². The summed E-state index contributed by atoms with van der Waals surface area (Å²) in [7, 11) is 2.43. The highest BCUT2D eigenvalue weighted by Crippen LogP contribution is 2.59. The van der Waals surface area contributed by atoms with E-state index in [4.69, 9.17) is 4.74 Å². The van der Waals surface area contributed by atoms with Gasteiger partial charge >= 0.3 is 0 Å². The maximum absolute atomic E-state index is 7.25. The van der Waals surface area contributed by atoms with Gasteiger partial charge in [0.2, 0.25) is 0 Å². The molecule has 0 aromatic heterocycles. The standard InChI is InChI=1S/C26H27N2O/c1-28-23-17-18-24(28)26(20-11-5-2-6-12-20,21-13-7-3-8-14-21)29-25(28)27(19-23)22-15-9-4-10-16-22/h2-16,23-25H,17-19H2,1H3/q+1/t23-,24+,25+,28+/m0/s1. The molecule has 3 heterocycles. The van der Waals surface area contributed by atoms with Crippen LogP contribution in [-0.4, -0.2) is 36.5 Å². The molecule has 0 N–H and O–H groups in total. The molecule has 3 fully saturated rings. The van der Waals surface area contributed by atoms with Gasteiger partial charge in [-0.2, -0.15) is 0 Å². The zero-order chi connectivity index (χ0) is 19.5. The quantitative estimate of drug-likeness (QED) is 0.606. The lowest BCUT2D eigenvalue weighted by Gasteiger charge is -2.37. The largest absolute Gasteiger partial charge is 0.293 e. The zero-order valence-electron chi connectivity index (χ0n) is 16.8. The van der Waals surface area contributed by atoms with Crippen LogP contribution in [0.1, 0.15) is 24.0 Å². The van der Waals surface area contributed by atoms with E-state index in [0.717, 1.165) is 11.0 Å². The van der Waals surface area contributed by atoms with Crippen molar-refractivity contribution in [2.24, 2.45) is 0 Å². The Morgan fingerprint density at radius 1 is 0.793 bits per heavy atom. The third-order valence-corrected chi connectivity index (χ3v) is 7.64. The van der Waals surface area contributed by atoms with E-state index in [9.17, 15) is 0 Å². The maximum atomic E-state index is 7.25. The van der Waals surface area contributed by atoms with Gasteiger partial charge in [0.25, 0.3) is 6.35 Å². The molecule has 0 bridgehead atoms. The van der Waals surface area contributed by atoms with Crippen molar-refractivity contribution in [1.29, 1.82) is 0 Å². The number of quaternary nitrogens is 1. The molecule has 0 saturated carbocycles. The van der Waals surface area contributed by atoms with Crippen molar-refractivity contribution in [3.63, 3.8) is 0 Å². The highest BCUT2D eigenvalue weighted by atomic mass is 16.6. The molecule has 4 atom stereocenters. The molecule has 29 heavy (non-hydrogen) atoms. The van der Waals surface area contributed by atoms with Crippen LogP contribution in [0.25, 0.3) is 0 Å². The third-order valence-electron chi connectivity index (χ3n) is 7.64. The molecule has 3 nitrogen and oxygen atoms in total. The van der Waals surface area contributed by atoms with E-state index in [1.54, 1.807) is 0 Å². The van der Waals surface area contributed by atoms with Crippen LogP contribution in [0.3, 0.4) is 0 Å². The Labute approximate surface area is 172 Å². The fourth-order valence-electron chi connectivity index (χ4n) is 6.31. The summed E-state index contributed by atoms with van der Waals surface area (Å²) in [4.78, 5) is 2.50. The summed E-state index contributed by atoms with van der Waals surface area (Å²) >= 11 is 0. The highest BCUT2D eigenvalue weighted by molar-refractivity contribution is 5.49. The number of benzene rings is 3. The van der Waals surface area contributed by atoms with Gasteiger partial charge in [0.05, 0.1) is 13.6 Å². The average molecular weight is 384 g/mol. The second kappa shape index (κ2) is 6.19.